The Labute approximate surface area is 125 Å². The van der Waals surface area contributed by atoms with Gasteiger partial charge in [0.25, 0.3) is 0 Å². The number of fused-ring (bicyclic) bond motifs is 1. The van der Waals surface area contributed by atoms with Crippen LogP contribution in [0.25, 0.3) is 10.9 Å². The average molecular weight is 285 g/mol. The number of nitrogens with zero attached hydrogens (tertiary/aromatic N) is 1. The van der Waals surface area contributed by atoms with Crippen molar-refractivity contribution in [2.24, 2.45) is 11.1 Å². The lowest BCUT2D eigenvalue weighted by Gasteiger charge is -2.23. The fraction of sp³-hybridized carbons (Fsp3) is 0.412. The molecule has 2 rings (SSSR count). The van der Waals surface area contributed by atoms with Gasteiger partial charge in [-0.15, -0.1) is 0 Å². The van der Waals surface area contributed by atoms with Crippen molar-refractivity contribution in [3.05, 3.63) is 36.5 Å². The molecular weight excluding hydrogens is 262 g/mol. The zero-order valence-corrected chi connectivity index (χ0v) is 12.7. The van der Waals surface area contributed by atoms with Crippen molar-refractivity contribution >= 4 is 22.5 Å². The molecule has 21 heavy (non-hydrogen) atoms. The number of nitrogens with two attached hydrogens (primary N) is 1. The third kappa shape index (κ3) is 4.53. The smallest absolute Gasteiger partial charge is 0.224 e. The van der Waals surface area contributed by atoms with Gasteiger partial charge in [0.05, 0.1) is 5.52 Å². The van der Waals surface area contributed by atoms with Gasteiger partial charge in [0, 0.05) is 23.7 Å². The Kier molecular flexibility index (Phi) is 4.91. The summed E-state index contributed by atoms with van der Waals surface area (Å²) in [5.74, 6) is 0.0448. The predicted molar refractivity (Wildman–Crippen MR) is 87.1 cm³/mol. The second-order valence-electron chi connectivity index (χ2n) is 6.16. The zero-order valence-electron chi connectivity index (χ0n) is 12.7. The fourth-order valence-corrected chi connectivity index (χ4v) is 2.34. The maximum atomic E-state index is 12.0. The summed E-state index contributed by atoms with van der Waals surface area (Å²) < 4.78 is 0. The fourth-order valence-electron chi connectivity index (χ4n) is 2.34. The molecular formula is C17H23N3O. The van der Waals surface area contributed by atoms with Crippen molar-refractivity contribution < 1.29 is 4.79 Å². The first kappa shape index (κ1) is 15.4. The highest BCUT2D eigenvalue weighted by atomic mass is 16.1. The maximum Gasteiger partial charge on any atom is 0.224 e. The SMILES string of the molecule is CC(C)(CCN)CCC(=O)Nc1ccc2ncccc2c1. The molecule has 0 bridgehead atoms. The molecule has 3 N–H and O–H groups in total. The molecule has 0 aliphatic carbocycles. The lowest BCUT2D eigenvalue weighted by atomic mass is 9.84. The van der Waals surface area contributed by atoms with Crippen LogP contribution < -0.4 is 11.1 Å². The molecule has 0 atom stereocenters. The molecule has 0 fully saturated rings. The van der Waals surface area contributed by atoms with Crippen LogP contribution in [0, 0.1) is 5.41 Å². The summed E-state index contributed by atoms with van der Waals surface area (Å²) in [5.41, 5.74) is 7.45. The lowest BCUT2D eigenvalue weighted by molar-refractivity contribution is -0.116. The molecule has 0 radical (unpaired) electrons. The van der Waals surface area contributed by atoms with Crippen LogP contribution in [0.4, 0.5) is 5.69 Å². The van der Waals surface area contributed by atoms with E-state index in [1.54, 1.807) is 6.20 Å². The Morgan fingerprint density at radius 2 is 2.10 bits per heavy atom. The van der Waals surface area contributed by atoms with Crippen molar-refractivity contribution in [1.82, 2.24) is 4.98 Å². The molecule has 1 heterocycles. The highest BCUT2D eigenvalue weighted by Crippen LogP contribution is 2.26. The van der Waals surface area contributed by atoms with Crippen molar-refractivity contribution in [2.45, 2.75) is 33.1 Å². The van der Waals surface area contributed by atoms with Gasteiger partial charge < -0.3 is 11.1 Å². The Morgan fingerprint density at radius 3 is 2.86 bits per heavy atom. The van der Waals surface area contributed by atoms with Gasteiger partial charge in [-0.05, 0) is 49.1 Å². The number of pyridine rings is 1. The first-order chi connectivity index (χ1) is 10.00. The number of aromatic nitrogens is 1. The van der Waals surface area contributed by atoms with E-state index in [-0.39, 0.29) is 11.3 Å². The summed E-state index contributed by atoms with van der Waals surface area (Å²) in [6.07, 6.45) is 4.05. The minimum absolute atomic E-state index is 0.0448. The minimum Gasteiger partial charge on any atom is -0.330 e. The van der Waals surface area contributed by atoms with Gasteiger partial charge in [-0.2, -0.15) is 0 Å². The van der Waals surface area contributed by atoms with E-state index >= 15 is 0 Å². The summed E-state index contributed by atoms with van der Waals surface area (Å²) in [6.45, 7) is 4.95. The van der Waals surface area contributed by atoms with Gasteiger partial charge in [-0.25, -0.2) is 0 Å². The van der Waals surface area contributed by atoms with Gasteiger partial charge >= 0.3 is 0 Å². The number of amides is 1. The number of hydrogen-bond donors (Lipinski definition) is 2. The van der Waals surface area contributed by atoms with Gasteiger partial charge in [0.2, 0.25) is 5.91 Å². The highest BCUT2D eigenvalue weighted by molar-refractivity contribution is 5.93. The van der Waals surface area contributed by atoms with Crippen molar-refractivity contribution in [3.63, 3.8) is 0 Å². The number of carbonyl (C=O) groups excluding carboxylic acids is 1. The van der Waals surface area contributed by atoms with E-state index in [0.717, 1.165) is 29.4 Å². The lowest BCUT2D eigenvalue weighted by Crippen LogP contribution is -2.20. The predicted octanol–water partition coefficient (Wildman–Crippen LogP) is 3.33. The van der Waals surface area contributed by atoms with E-state index in [2.05, 4.69) is 24.1 Å². The van der Waals surface area contributed by atoms with Crippen LogP contribution >= 0.6 is 0 Å². The maximum absolute atomic E-state index is 12.0. The first-order valence-corrected chi connectivity index (χ1v) is 7.35. The molecule has 0 spiro atoms. The highest BCUT2D eigenvalue weighted by Gasteiger charge is 2.18. The van der Waals surface area contributed by atoms with Gasteiger partial charge in [0.15, 0.2) is 0 Å². The monoisotopic (exact) mass is 285 g/mol. The second kappa shape index (κ2) is 6.68. The van der Waals surface area contributed by atoms with E-state index in [1.807, 2.05) is 30.3 Å². The summed E-state index contributed by atoms with van der Waals surface area (Å²) in [5, 5.41) is 3.98. The van der Waals surface area contributed by atoms with Crippen LogP contribution in [0.2, 0.25) is 0 Å². The van der Waals surface area contributed by atoms with Crippen molar-refractivity contribution in [1.29, 1.82) is 0 Å². The van der Waals surface area contributed by atoms with Crippen molar-refractivity contribution in [3.8, 4) is 0 Å². The molecule has 0 saturated carbocycles. The molecule has 0 unspecified atom stereocenters. The number of hydrogen-bond acceptors (Lipinski definition) is 3. The first-order valence-electron chi connectivity index (χ1n) is 7.35. The molecule has 112 valence electrons. The third-order valence-electron chi connectivity index (χ3n) is 3.74. The number of benzene rings is 1. The van der Waals surface area contributed by atoms with E-state index < -0.39 is 0 Å². The number of carbonyl (C=O) groups is 1. The Morgan fingerprint density at radius 1 is 1.29 bits per heavy atom. The molecule has 4 nitrogen and oxygen atoms in total. The van der Waals surface area contributed by atoms with Gasteiger partial charge in [0.1, 0.15) is 0 Å². The Hall–Kier alpha value is -1.94. The zero-order chi connectivity index (χ0) is 15.3. The summed E-state index contributed by atoms with van der Waals surface area (Å²) in [6, 6.07) is 9.64. The molecule has 0 saturated heterocycles. The van der Waals surface area contributed by atoms with Gasteiger partial charge in [-0.1, -0.05) is 19.9 Å². The quantitative estimate of drug-likeness (QED) is 0.855. The van der Waals surface area contributed by atoms with E-state index in [9.17, 15) is 4.79 Å². The second-order valence-corrected chi connectivity index (χ2v) is 6.16. The molecule has 1 aromatic heterocycles. The van der Waals surface area contributed by atoms with Gasteiger partial charge in [-0.3, -0.25) is 9.78 Å². The number of rotatable bonds is 6. The summed E-state index contributed by atoms with van der Waals surface area (Å²) in [7, 11) is 0. The van der Waals surface area contributed by atoms with Crippen LogP contribution in [0.3, 0.4) is 0 Å². The molecule has 1 aromatic carbocycles. The van der Waals surface area contributed by atoms with Crippen LogP contribution in [0.1, 0.15) is 33.1 Å². The van der Waals surface area contributed by atoms with Crippen LogP contribution in [-0.4, -0.2) is 17.4 Å². The van der Waals surface area contributed by atoms with E-state index in [4.69, 9.17) is 5.73 Å². The minimum atomic E-state index is 0.0448. The van der Waals surface area contributed by atoms with Crippen LogP contribution in [-0.2, 0) is 4.79 Å². The molecule has 2 aromatic rings. The van der Waals surface area contributed by atoms with Crippen LogP contribution in [0.15, 0.2) is 36.5 Å². The molecule has 0 aliphatic rings. The molecule has 1 amide bonds. The average Bonchev–Trinajstić information content (AvgIpc) is 2.45. The summed E-state index contributed by atoms with van der Waals surface area (Å²) in [4.78, 5) is 16.3. The van der Waals surface area contributed by atoms with E-state index in [1.165, 1.54) is 0 Å². The van der Waals surface area contributed by atoms with E-state index in [0.29, 0.717) is 13.0 Å². The summed E-state index contributed by atoms with van der Waals surface area (Å²) >= 11 is 0. The topological polar surface area (TPSA) is 68.0 Å². The molecule has 4 heteroatoms. The molecule has 0 aliphatic heterocycles. The number of nitrogens with one attached hydrogen (secondary N) is 1. The van der Waals surface area contributed by atoms with Crippen LogP contribution in [0.5, 0.6) is 0 Å². The third-order valence-corrected chi connectivity index (χ3v) is 3.74. The Balaban J connectivity index is 1.95. The normalized spacial score (nSPS) is 11.6. The Bertz CT molecular complexity index is 622. The standard InChI is InChI=1S/C17H23N3O/c1-17(2,9-10-18)8-7-16(21)20-14-5-6-15-13(12-14)4-3-11-19-15/h3-6,11-12H,7-10,18H2,1-2H3,(H,20,21). The number of anilines is 1. The van der Waals surface area contributed by atoms with Crippen molar-refractivity contribution in [2.75, 3.05) is 11.9 Å². The largest absolute Gasteiger partial charge is 0.330 e.